The number of benzene rings is 4. The van der Waals surface area contributed by atoms with E-state index in [2.05, 4.69) is 10.6 Å². The SMILES string of the molecule is CN(C)c1nc(NCc2ccc(NC(=O)c3ccc(F)cc3)cc2)c2ccc(-c3cc4ccccc4o3)cc2n1. The van der Waals surface area contributed by atoms with Gasteiger partial charge in [-0.05, 0) is 66.2 Å². The molecule has 8 heteroatoms. The van der Waals surface area contributed by atoms with Crippen molar-refractivity contribution < 1.29 is 13.6 Å². The second-order valence-corrected chi connectivity index (χ2v) is 9.66. The second-order valence-electron chi connectivity index (χ2n) is 9.66. The van der Waals surface area contributed by atoms with Gasteiger partial charge in [0.05, 0.1) is 5.52 Å². The van der Waals surface area contributed by atoms with Gasteiger partial charge in [0.25, 0.3) is 5.91 Å². The van der Waals surface area contributed by atoms with Crippen molar-refractivity contribution in [3.63, 3.8) is 0 Å². The average molecular weight is 532 g/mol. The van der Waals surface area contributed by atoms with Gasteiger partial charge in [0, 0.05) is 48.2 Å². The number of amides is 1. The maximum absolute atomic E-state index is 13.1. The lowest BCUT2D eigenvalue weighted by Gasteiger charge is -2.15. The molecule has 0 fully saturated rings. The largest absolute Gasteiger partial charge is 0.456 e. The normalized spacial score (nSPS) is 11.1. The first-order valence-electron chi connectivity index (χ1n) is 12.8. The summed E-state index contributed by atoms with van der Waals surface area (Å²) in [6.07, 6.45) is 0. The molecule has 0 bridgehead atoms. The average Bonchev–Trinajstić information content (AvgIpc) is 3.41. The molecule has 0 saturated heterocycles. The number of hydrogen-bond acceptors (Lipinski definition) is 6. The molecule has 1 amide bonds. The molecule has 6 aromatic rings. The number of aromatic nitrogens is 2. The van der Waals surface area contributed by atoms with E-state index in [1.165, 1.54) is 24.3 Å². The van der Waals surface area contributed by atoms with Crippen LogP contribution in [-0.2, 0) is 6.54 Å². The lowest BCUT2D eigenvalue weighted by atomic mass is 10.1. The van der Waals surface area contributed by atoms with Crippen LogP contribution in [0, 0.1) is 5.82 Å². The summed E-state index contributed by atoms with van der Waals surface area (Å²) < 4.78 is 19.2. The van der Waals surface area contributed by atoms with Gasteiger partial charge in [0.2, 0.25) is 5.95 Å². The molecule has 40 heavy (non-hydrogen) atoms. The predicted molar refractivity (Wildman–Crippen MR) is 157 cm³/mol. The first-order valence-corrected chi connectivity index (χ1v) is 12.8. The van der Waals surface area contributed by atoms with Crippen LogP contribution in [-0.4, -0.2) is 30.0 Å². The summed E-state index contributed by atoms with van der Waals surface area (Å²) in [6.45, 7) is 0.524. The fraction of sp³-hybridized carbons (Fsp3) is 0.0938. The van der Waals surface area contributed by atoms with E-state index in [1.807, 2.05) is 91.8 Å². The van der Waals surface area contributed by atoms with Crippen molar-refractivity contribution in [1.29, 1.82) is 0 Å². The quantitative estimate of drug-likeness (QED) is 0.228. The number of nitrogens with one attached hydrogen (secondary N) is 2. The summed E-state index contributed by atoms with van der Waals surface area (Å²) in [6, 6.07) is 29.0. The zero-order chi connectivity index (χ0) is 27.6. The van der Waals surface area contributed by atoms with Gasteiger partial charge < -0.3 is 20.0 Å². The molecule has 2 aromatic heterocycles. The fourth-order valence-corrected chi connectivity index (χ4v) is 4.43. The zero-order valence-corrected chi connectivity index (χ0v) is 22.0. The van der Waals surface area contributed by atoms with Crippen LogP contribution < -0.4 is 15.5 Å². The molecule has 0 aliphatic carbocycles. The van der Waals surface area contributed by atoms with Crippen molar-refractivity contribution in [3.8, 4) is 11.3 Å². The minimum Gasteiger partial charge on any atom is -0.456 e. The van der Waals surface area contributed by atoms with Crippen molar-refractivity contribution in [2.24, 2.45) is 0 Å². The topological polar surface area (TPSA) is 83.3 Å². The number of anilines is 3. The van der Waals surface area contributed by atoms with Crippen molar-refractivity contribution in [2.75, 3.05) is 29.6 Å². The first-order chi connectivity index (χ1) is 19.4. The summed E-state index contributed by atoms with van der Waals surface area (Å²) in [5.41, 5.74) is 4.64. The number of fused-ring (bicyclic) bond motifs is 2. The van der Waals surface area contributed by atoms with Crippen LogP contribution in [0.1, 0.15) is 15.9 Å². The third-order valence-corrected chi connectivity index (χ3v) is 6.57. The highest BCUT2D eigenvalue weighted by molar-refractivity contribution is 6.04. The molecule has 198 valence electrons. The summed E-state index contributed by atoms with van der Waals surface area (Å²) in [4.78, 5) is 23.8. The van der Waals surface area contributed by atoms with Crippen LogP contribution in [0.4, 0.5) is 21.8 Å². The Balaban J connectivity index is 1.21. The van der Waals surface area contributed by atoms with E-state index in [4.69, 9.17) is 14.4 Å². The van der Waals surface area contributed by atoms with Gasteiger partial charge in [-0.1, -0.05) is 36.4 Å². The van der Waals surface area contributed by atoms with Crippen molar-refractivity contribution in [1.82, 2.24) is 9.97 Å². The van der Waals surface area contributed by atoms with Gasteiger partial charge in [-0.2, -0.15) is 4.98 Å². The Morgan fingerprint density at radius 3 is 2.42 bits per heavy atom. The lowest BCUT2D eigenvalue weighted by Crippen LogP contribution is -2.14. The number of carbonyl (C=O) groups excluding carboxylic acids is 1. The van der Waals surface area contributed by atoms with Crippen molar-refractivity contribution in [3.05, 3.63) is 114 Å². The Morgan fingerprint density at radius 2 is 1.68 bits per heavy atom. The van der Waals surface area contributed by atoms with E-state index in [0.29, 0.717) is 23.7 Å². The fourth-order valence-electron chi connectivity index (χ4n) is 4.43. The molecule has 0 aliphatic heterocycles. The van der Waals surface area contributed by atoms with E-state index >= 15 is 0 Å². The number of para-hydroxylation sites is 1. The van der Waals surface area contributed by atoms with Crippen molar-refractivity contribution >= 4 is 45.2 Å². The van der Waals surface area contributed by atoms with Crippen LogP contribution in [0.15, 0.2) is 101 Å². The Hall–Kier alpha value is -5.24. The highest BCUT2D eigenvalue weighted by Gasteiger charge is 2.13. The summed E-state index contributed by atoms with van der Waals surface area (Å²) in [7, 11) is 3.82. The van der Waals surface area contributed by atoms with Gasteiger partial charge in [-0.25, -0.2) is 9.37 Å². The van der Waals surface area contributed by atoms with Crippen molar-refractivity contribution in [2.45, 2.75) is 6.54 Å². The maximum atomic E-state index is 13.1. The Morgan fingerprint density at radius 1 is 0.900 bits per heavy atom. The van der Waals surface area contributed by atoms with Gasteiger partial charge in [-0.3, -0.25) is 4.79 Å². The third-order valence-electron chi connectivity index (χ3n) is 6.57. The zero-order valence-electron chi connectivity index (χ0n) is 22.0. The summed E-state index contributed by atoms with van der Waals surface area (Å²) in [5, 5.41) is 8.23. The van der Waals surface area contributed by atoms with E-state index in [0.717, 1.165) is 44.6 Å². The molecule has 7 nitrogen and oxygen atoms in total. The molecule has 0 radical (unpaired) electrons. The monoisotopic (exact) mass is 531 g/mol. The number of halogens is 1. The van der Waals surface area contributed by atoms with Gasteiger partial charge in [0.15, 0.2) is 0 Å². The van der Waals surface area contributed by atoms with E-state index in [9.17, 15) is 9.18 Å². The molecule has 0 spiro atoms. The molecule has 0 atom stereocenters. The van der Waals surface area contributed by atoms with Crippen LogP contribution >= 0.6 is 0 Å². The van der Waals surface area contributed by atoms with Gasteiger partial charge in [-0.15, -0.1) is 0 Å². The number of nitrogens with zero attached hydrogens (tertiary/aromatic N) is 3. The van der Waals surface area contributed by atoms with Crippen LogP contribution in [0.25, 0.3) is 33.2 Å². The van der Waals surface area contributed by atoms with Gasteiger partial charge in [0.1, 0.15) is 23.0 Å². The molecule has 2 heterocycles. The highest BCUT2D eigenvalue weighted by Crippen LogP contribution is 2.32. The molecule has 2 N–H and O–H groups in total. The lowest BCUT2D eigenvalue weighted by molar-refractivity contribution is 0.102. The Labute approximate surface area is 230 Å². The summed E-state index contributed by atoms with van der Waals surface area (Å²) >= 11 is 0. The number of furan rings is 1. The highest BCUT2D eigenvalue weighted by atomic mass is 19.1. The Bertz CT molecular complexity index is 1800. The maximum Gasteiger partial charge on any atom is 0.255 e. The van der Waals surface area contributed by atoms with E-state index in [1.54, 1.807) is 0 Å². The Kier molecular flexibility index (Phi) is 6.57. The van der Waals surface area contributed by atoms with Gasteiger partial charge >= 0.3 is 0 Å². The van der Waals surface area contributed by atoms with Crippen LogP contribution in [0.2, 0.25) is 0 Å². The molecular weight excluding hydrogens is 505 g/mol. The van der Waals surface area contributed by atoms with E-state index < -0.39 is 0 Å². The predicted octanol–water partition coefficient (Wildman–Crippen LogP) is 7.11. The minimum absolute atomic E-state index is 0.295. The summed E-state index contributed by atoms with van der Waals surface area (Å²) in [5.74, 6) is 1.43. The molecule has 4 aromatic carbocycles. The first kappa shape index (κ1) is 25.1. The number of carbonyl (C=O) groups is 1. The third kappa shape index (κ3) is 5.19. The second kappa shape index (κ2) is 10.5. The molecule has 0 saturated carbocycles. The minimum atomic E-state index is -0.380. The smallest absolute Gasteiger partial charge is 0.255 e. The molecular formula is C32H26FN5O2. The van der Waals surface area contributed by atoms with E-state index in [-0.39, 0.29) is 11.7 Å². The van der Waals surface area contributed by atoms with Crippen LogP contribution in [0.5, 0.6) is 0 Å². The molecule has 0 unspecified atom stereocenters. The number of rotatable bonds is 7. The number of hydrogen-bond donors (Lipinski definition) is 2. The molecule has 0 aliphatic rings. The molecule has 6 rings (SSSR count). The van der Waals surface area contributed by atoms with Crippen LogP contribution in [0.3, 0.4) is 0 Å². The standard InChI is InChI=1S/C32H26FN5O2/c1-38(2)32-36-27-17-23(29-18-22-5-3-4-6-28(22)40-29)11-16-26(27)30(37-32)34-19-20-7-14-25(15-8-20)35-31(39)21-9-12-24(33)13-10-21/h3-18H,19H2,1-2H3,(H,35,39)(H,34,36,37).